The van der Waals surface area contributed by atoms with Gasteiger partial charge in [0.05, 0.1) is 0 Å². The van der Waals surface area contributed by atoms with Gasteiger partial charge >= 0.3 is 0 Å². The molecular weight excluding hydrogens is 206 g/mol. The molecule has 0 saturated carbocycles. The molecular formula is C13H18ClN. The fourth-order valence-corrected chi connectivity index (χ4v) is 2.60. The second kappa shape index (κ2) is 4.15. The first-order valence-electron chi connectivity index (χ1n) is 5.56. The molecule has 1 fully saturated rings. The molecule has 1 unspecified atom stereocenters. The van der Waals surface area contributed by atoms with E-state index >= 15 is 0 Å². The molecule has 2 heteroatoms. The SMILES string of the molecule is CC1(C)CCNCC1c1cccc(Cl)c1. The predicted octanol–water partition coefficient (Wildman–Crippen LogP) is 3.44. The van der Waals surface area contributed by atoms with Crippen molar-refractivity contribution in [2.45, 2.75) is 26.2 Å². The maximum Gasteiger partial charge on any atom is 0.0408 e. The highest BCUT2D eigenvalue weighted by atomic mass is 35.5. The Morgan fingerprint density at radius 2 is 2.20 bits per heavy atom. The van der Waals surface area contributed by atoms with E-state index in [9.17, 15) is 0 Å². The lowest BCUT2D eigenvalue weighted by Gasteiger charge is -2.39. The van der Waals surface area contributed by atoms with Crippen LogP contribution in [0, 0.1) is 5.41 Å². The highest BCUT2D eigenvalue weighted by molar-refractivity contribution is 6.30. The van der Waals surface area contributed by atoms with Gasteiger partial charge in [-0.1, -0.05) is 37.6 Å². The number of benzene rings is 1. The molecule has 0 bridgehead atoms. The smallest absolute Gasteiger partial charge is 0.0408 e. The van der Waals surface area contributed by atoms with Crippen LogP contribution in [0.3, 0.4) is 0 Å². The molecule has 0 aliphatic carbocycles. The molecule has 1 atom stereocenters. The quantitative estimate of drug-likeness (QED) is 0.769. The van der Waals surface area contributed by atoms with Gasteiger partial charge in [0.15, 0.2) is 0 Å². The molecule has 0 radical (unpaired) electrons. The van der Waals surface area contributed by atoms with Gasteiger partial charge < -0.3 is 5.32 Å². The lowest BCUT2D eigenvalue weighted by Crippen LogP contribution is -2.40. The topological polar surface area (TPSA) is 12.0 Å². The molecule has 1 aromatic carbocycles. The van der Waals surface area contributed by atoms with Crippen LogP contribution in [0.1, 0.15) is 31.7 Å². The van der Waals surface area contributed by atoms with Crippen LogP contribution in [0.5, 0.6) is 0 Å². The largest absolute Gasteiger partial charge is 0.316 e. The Kier molecular flexibility index (Phi) is 3.03. The van der Waals surface area contributed by atoms with Crippen molar-refractivity contribution in [2.24, 2.45) is 5.41 Å². The van der Waals surface area contributed by atoms with Gasteiger partial charge in [-0.15, -0.1) is 0 Å². The van der Waals surface area contributed by atoms with E-state index in [0.717, 1.165) is 18.1 Å². The van der Waals surface area contributed by atoms with Gasteiger partial charge in [-0.3, -0.25) is 0 Å². The van der Waals surface area contributed by atoms with Crippen LogP contribution in [-0.4, -0.2) is 13.1 Å². The number of rotatable bonds is 1. The Hall–Kier alpha value is -0.530. The van der Waals surface area contributed by atoms with Crippen LogP contribution in [0.4, 0.5) is 0 Å². The minimum atomic E-state index is 0.371. The zero-order valence-corrected chi connectivity index (χ0v) is 10.1. The minimum absolute atomic E-state index is 0.371. The highest BCUT2D eigenvalue weighted by Gasteiger charge is 2.33. The monoisotopic (exact) mass is 223 g/mol. The lowest BCUT2D eigenvalue weighted by molar-refractivity contribution is 0.214. The van der Waals surface area contributed by atoms with Crippen molar-refractivity contribution in [2.75, 3.05) is 13.1 Å². The first-order chi connectivity index (χ1) is 7.09. The van der Waals surface area contributed by atoms with Crippen LogP contribution in [0.2, 0.25) is 5.02 Å². The summed E-state index contributed by atoms with van der Waals surface area (Å²) in [6.07, 6.45) is 1.23. The van der Waals surface area contributed by atoms with Gasteiger partial charge in [0.2, 0.25) is 0 Å². The summed E-state index contributed by atoms with van der Waals surface area (Å²) in [5.41, 5.74) is 1.73. The zero-order chi connectivity index (χ0) is 10.9. The molecule has 1 heterocycles. The van der Waals surface area contributed by atoms with Crippen molar-refractivity contribution >= 4 is 11.6 Å². The summed E-state index contributed by atoms with van der Waals surface area (Å²) >= 11 is 6.04. The molecule has 2 rings (SSSR count). The van der Waals surface area contributed by atoms with E-state index < -0.39 is 0 Å². The Balaban J connectivity index is 2.29. The normalized spacial score (nSPS) is 25.1. The number of hydrogen-bond acceptors (Lipinski definition) is 1. The molecule has 1 aliphatic heterocycles. The molecule has 1 nitrogen and oxygen atoms in total. The molecule has 1 aromatic rings. The predicted molar refractivity (Wildman–Crippen MR) is 65.5 cm³/mol. The first kappa shape index (κ1) is 11.0. The van der Waals surface area contributed by atoms with E-state index in [0.29, 0.717) is 11.3 Å². The number of nitrogens with one attached hydrogen (secondary N) is 1. The maximum absolute atomic E-state index is 6.04. The summed E-state index contributed by atoms with van der Waals surface area (Å²) in [6, 6.07) is 8.27. The van der Waals surface area contributed by atoms with Crippen LogP contribution in [0.25, 0.3) is 0 Å². The molecule has 82 valence electrons. The van der Waals surface area contributed by atoms with Crippen LogP contribution < -0.4 is 5.32 Å². The molecule has 1 saturated heterocycles. The lowest BCUT2D eigenvalue weighted by atomic mass is 9.71. The van der Waals surface area contributed by atoms with Crippen molar-refractivity contribution < 1.29 is 0 Å². The summed E-state index contributed by atoms with van der Waals surface area (Å²) in [7, 11) is 0. The number of piperidine rings is 1. The third-order valence-electron chi connectivity index (χ3n) is 3.49. The van der Waals surface area contributed by atoms with Crippen LogP contribution >= 0.6 is 11.6 Å². The van der Waals surface area contributed by atoms with Crippen LogP contribution in [-0.2, 0) is 0 Å². The molecule has 0 spiro atoms. The molecule has 0 amide bonds. The van der Waals surface area contributed by atoms with E-state index in [2.05, 4.69) is 31.3 Å². The Labute approximate surface area is 96.8 Å². The molecule has 0 aromatic heterocycles. The third kappa shape index (κ3) is 2.35. The van der Waals surface area contributed by atoms with Crippen LogP contribution in [0.15, 0.2) is 24.3 Å². The number of halogens is 1. The Morgan fingerprint density at radius 3 is 2.87 bits per heavy atom. The second-order valence-corrected chi connectivity index (χ2v) is 5.49. The van der Waals surface area contributed by atoms with E-state index in [1.165, 1.54) is 12.0 Å². The van der Waals surface area contributed by atoms with Crippen molar-refractivity contribution in [3.8, 4) is 0 Å². The Bertz CT molecular complexity index is 346. The second-order valence-electron chi connectivity index (χ2n) is 5.05. The summed E-state index contributed by atoms with van der Waals surface area (Å²) in [6.45, 7) is 6.89. The average molecular weight is 224 g/mol. The molecule has 1 N–H and O–H groups in total. The van der Waals surface area contributed by atoms with Crippen molar-refractivity contribution in [1.29, 1.82) is 0 Å². The average Bonchev–Trinajstić information content (AvgIpc) is 2.17. The Morgan fingerprint density at radius 1 is 1.40 bits per heavy atom. The summed E-state index contributed by atoms with van der Waals surface area (Å²) in [4.78, 5) is 0. The van der Waals surface area contributed by atoms with Crippen molar-refractivity contribution in [3.63, 3.8) is 0 Å². The standard InChI is InChI=1S/C13H18ClN/c1-13(2)6-7-15-9-12(13)10-4-3-5-11(14)8-10/h3-5,8,12,15H,6-7,9H2,1-2H3. The van der Waals surface area contributed by atoms with E-state index in [-0.39, 0.29) is 0 Å². The van der Waals surface area contributed by atoms with Crippen molar-refractivity contribution in [3.05, 3.63) is 34.9 Å². The van der Waals surface area contributed by atoms with Crippen molar-refractivity contribution in [1.82, 2.24) is 5.32 Å². The first-order valence-corrected chi connectivity index (χ1v) is 5.93. The summed E-state index contributed by atoms with van der Waals surface area (Å²) in [5.74, 6) is 0.574. The maximum atomic E-state index is 6.04. The minimum Gasteiger partial charge on any atom is -0.316 e. The molecule has 15 heavy (non-hydrogen) atoms. The van der Waals surface area contributed by atoms with Gasteiger partial charge in [0, 0.05) is 17.5 Å². The zero-order valence-electron chi connectivity index (χ0n) is 9.39. The summed E-state index contributed by atoms with van der Waals surface area (Å²) < 4.78 is 0. The fraction of sp³-hybridized carbons (Fsp3) is 0.538. The molecule has 1 aliphatic rings. The number of hydrogen-bond donors (Lipinski definition) is 1. The van der Waals surface area contributed by atoms with E-state index in [4.69, 9.17) is 11.6 Å². The van der Waals surface area contributed by atoms with Gasteiger partial charge in [0.25, 0.3) is 0 Å². The van der Waals surface area contributed by atoms with E-state index in [1.54, 1.807) is 0 Å². The van der Waals surface area contributed by atoms with Gasteiger partial charge in [0.1, 0.15) is 0 Å². The third-order valence-corrected chi connectivity index (χ3v) is 3.72. The van der Waals surface area contributed by atoms with Gasteiger partial charge in [-0.05, 0) is 36.1 Å². The highest BCUT2D eigenvalue weighted by Crippen LogP contribution is 2.40. The van der Waals surface area contributed by atoms with Gasteiger partial charge in [-0.25, -0.2) is 0 Å². The fourth-order valence-electron chi connectivity index (χ4n) is 2.40. The summed E-state index contributed by atoms with van der Waals surface area (Å²) in [5, 5.41) is 4.31. The van der Waals surface area contributed by atoms with E-state index in [1.807, 2.05) is 12.1 Å². The van der Waals surface area contributed by atoms with Gasteiger partial charge in [-0.2, -0.15) is 0 Å².